The van der Waals surface area contributed by atoms with Crippen molar-refractivity contribution in [1.82, 2.24) is 14.5 Å². The largest absolute Gasteiger partial charge is 0.473 e. The highest BCUT2D eigenvalue weighted by atomic mass is 19.2. The van der Waals surface area contributed by atoms with Gasteiger partial charge in [0.1, 0.15) is 12.4 Å². The third-order valence-electron chi connectivity index (χ3n) is 6.17. The predicted octanol–water partition coefficient (Wildman–Crippen LogP) is 2.30. The van der Waals surface area contributed by atoms with Crippen molar-refractivity contribution in [1.29, 1.82) is 0 Å². The van der Waals surface area contributed by atoms with Crippen molar-refractivity contribution >= 4 is 11.7 Å². The molecule has 30 heavy (non-hydrogen) atoms. The number of benzene rings is 1. The van der Waals surface area contributed by atoms with E-state index in [0.717, 1.165) is 37.8 Å². The van der Waals surface area contributed by atoms with E-state index in [2.05, 4.69) is 10.3 Å². The molecule has 1 spiro atoms. The maximum absolute atomic E-state index is 13.3. The molecule has 1 saturated carbocycles. The monoisotopic (exact) mass is 416 g/mol. The first-order valence-electron chi connectivity index (χ1n) is 10.2. The van der Waals surface area contributed by atoms with Gasteiger partial charge in [0.15, 0.2) is 11.6 Å². The summed E-state index contributed by atoms with van der Waals surface area (Å²) in [6, 6.07) is 5.16. The number of piperidine rings is 1. The van der Waals surface area contributed by atoms with E-state index in [9.17, 15) is 18.4 Å². The van der Waals surface area contributed by atoms with Crippen LogP contribution in [0.3, 0.4) is 0 Å². The van der Waals surface area contributed by atoms with Gasteiger partial charge in [0.2, 0.25) is 11.8 Å². The van der Waals surface area contributed by atoms with Gasteiger partial charge in [-0.2, -0.15) is 4.98 Å². The molecule has 3 aliphatic rings. The number of aromatic nitrogens is 2. The lowest BCUT2D eigenvalue weighted by atomic mass is 9.88. The van der Waals surface area contributed by atoms with E-state index in [1.807, 2.05) is 4.90 Å². The van der Waals surface area contributed by atoms with Crippen molar-refractivity contribution in [3.8, 4) is 5.88 Å². The second-order valence-corrected chi connectivity index (χ2v) is 8.39. The first-order valence-corrected chi connectivity index (χ1v) is 10.2. The van der Waals surface area contributed by atoms with Gasteiger partial charge in [-0.1, -0.05) is 6.07 Å². The smallest absolute Gasteiger partial charge is 0.352 e. The zero-order chi connectivity index (χ0) is 20.9. The highest BCUT2D eigenvalue weighted by Gasteiger charge is 2.43. The van der Waals surface area contributed by atoms with Gasteiger partial charge in [-0.15, -0.1) is 0 Å². The average Bonchev–Trinajstić information content (AvgIpc) is 3.51. The summed E-state index contributed by atoms with van der Waals surface area (Å²) in [5, 5.41) is 3.45. The topological polar surface area (TPSA) is 76.5 Å². The lowest BCUT2D eigenvalue weighted by Crippen LogP contribution is -2.50. The van der Waals surface area contributed by atoms with E-state index in [4.69, 9.17) is 4.74 Å². The molecule has 2 aliphatic heterocycles. The van der Waals surface area contributed by atoms with E-state index < -0.39 is 17.3 Å². The van der Waals surface area contributed by atoms with Crippen LogP contribution in [-0.4, -0.2) is 39.0 Å². The molecule has 0 radical (unpaired) electrons. The second-order valence-electron chi connectivity index (χ2n) is 8.39. The zero-order valence-electron chi connectivity index (χ0n) is 16.4. The summed E-state index contributed by atoms with van der Waals surface area (Å²) >= 11 is 0. The average molecular weight is 416 g/mol. The molecule has 7 nitrogen and oxygen atoms in total. The van der Waals surface area contributed by atoms with Crippen LogP contribution in [0.25, 0.3) is 0 Å². The van der Waals surface area contributed by atoms with Gasteiger partial charge in [-0.25, -0.2) is 13.6 Å². The summed E-state index contributed by atoms with van der Waals surface area (Å²) in [4.78, 5) is 30.7. The molecule has 1 aromatic carbocycles. The van der Waals surface area contributed by atoms with Crippen molar-refractivity contribution in [3.63, 3.8) is 0 Å². The quantitative estimate of drug-likeness (QED) is 0.828. The van der Waals surface area contributed by atoms with Crippen LogP contribution < -0.4 is 15.7 Å². The Bertz CT molecular complexity index is 1060. The predicted molar refractivity (Wildman–Crippen MR) is 104 cm³/mol. The van der Waals surface area contributed by atoms with Gasteiger partial charge in [0, 0.05) is 25.1 Å². The van der Waals surface area contributed by atoms with Crippen LogP contribution in [0, 0.1) is 17.6 Å². The van der Waals surface area contributed by atoms with Gasteiger partial charge in [-0.3, -0.25) is 9.36 Å². The normalized spacial score (nSPS) is 19.5. The number of fused-ring (bicyclic) bond motifs is 1. The molecule has 0 atom stereocenters. The number of nitrogens with one attached hydrogen (secondary N) is 1. The Hall–Kier alpha value is -2.97. The van der Waals surface area contributed by atoms with E-state index in [-0.39, 0.29) is 29.9 Å². The molecule has 5 rings (SSSR count). The molecule has 1 N–H and O–H groups in total. The van der Waals surface area contributed by atoms with Crippen LogP contribution in [0.2, 0.25) is 0 Å². The number of rotatable bonds is 4. The van der Waals surface area contributed by atoms with Crippen molar-refractivity contribution in [2.24, 2.45) is 5.92 Å². The highest BCUT2D eigenvalue weighted by Crippen LogP contribution is 2.37. The van der Waals surface area contributed by atoms with Crippen LogP contribution in [-0.2, 0) is 17.9 Å². The van der Waals surface area contributed by atoms with Gasteiger partial charge < -0.3 is 15.0 Å². The Morgan fingerprint density at radius 1 is 1.20 bits per heavy atom. The fourth-order valence-electron chi connectivity index (χ4n) is 4.24. The zero-order valence-corrected chi connectivity index (χ0v) is 16.4. The minimum absolute atomic E-state index is 0.0313. The number of ether oxygens (including phenoxy) is 1. The molecular weight excluding hydrogens is 394 g/mol. The maximum Gasteiger partial charge on any atom is 0.352 e. The fraction of sp³-hybridized carbons (Fsp3) is 0.476. The summed E-state index contributed by atoms with van der Waals surface area (Å²) < 4.78 is 33.5. The number of hydrogen-bond donors (Lipinski definition) is 1. The molecule has 1 aromatic heterocycles. The number of likely N-dealkylation sites (tertiary alicyclic amines) is 1. The molecule has 158 valence electrons. The van der Waals surface area contributed by atoms with E-state index >= 15 is 0 Å². The molecule has 3 heterocycles. The Kier molecular flexibility index (Phi) is 4.48. The number of nitrogens with zero attached hydrogens (tertiary/aromatic N) is 3. The van der Waals surface area contributed by atoms with Crippen LogP contribution in [0.5, 0.6) is 5.88 Å². The SMILES string of the molecule is O=C(C1CC1)N1CCC2(CC1)Cn1c(cc(OCc3ccc(F)c(F)c3)nc1=O)N2. The van der Waals surface area contributed by atoms with Crippen molar-refractivity contribution < 1.29 is 18.3 Å². The lowest BCUT2D eigenvalue weighted by Gasteiger charge is -2.39. The number of amides is 1. The molecule has 1 amide bonds. The van der Waals surface area contributed by atoms with E-state index in [1.54, 1.807) is 10.6 Å². The molecule has 1 saturated heterocycles. The molecule has 0 bridgehead atoms. The van der Waals surface area contributed by atoms with Crippen LogP contribution in [0.15, 0.2) is 29.1 Å². The minimum atomic E-state index is -0.951. The number of hydrogen-bond acceptors (Lipinski definition) is 5. The summed E-state index contributed by atoms with van der Waals surface area (Å²) in [6.07, 6.45) is 3.52. The third-order valence-corrected chi connectivity index (χ3v) is 6.17. The summed E-state index contributed by atoms with van der Waals surface area (Å²) in [5.41, 5.74) is -0.255. The van der Waals surface area contributed by atoms with Crippen molar-refractivity contribution in [3.05, 3.63) is 51.9 Å². The summed E-state index contributed by atoms with van der Waals surface area (Å²) in [7, 11) is 0. The summed E-state index contributed by atoms with van der Waals surface area (Å²) in [6.45, 7) is 1.83. The first kappa shape index (κ1) is 19.0. The number of carbonyl (C=O) groups is 1. The Morgan fingerprint density at radius 3 is 2.67 bits per heavy atom. The number of halogens is 2. The van der Waals surface area contributed by atoms with Crippen molar-refractivity contribution in [2.75, 3.05) is 18.4 Å². The number of carbonyl (C=O) groups excluding carboxylic acids is 1. The third kappa shape index (κ3) is 3.53. The van der Waals surface area contributed by atoms with Crippen molar-refractivity contribution in [2.45, 2.75) is 44.4 Å². The molecule has 2 fully saturated rings. The second kappa shape index (κ2) is 7.07. The molecule has 2 aromatic rings. The van der Waals surface area contributed by atoms with Crippen LogP contribution in [0.4, 0.5) is 14.6 Å². The highest BCUT2D eigenvalue weighted by molar-refractivity contribution is 5.81. The molecular formula is C21H22F2N4O3. The fourth-order valence-corrected chi connectivity index (χ4v) is 4.24. The Labute approximate surface area is 171 Å². The van der Waals surface area contributed by atoms with E-state index in [0.29, 0.717) is 31.0 Å². The van der Waals surface area contributed by atoms with Gasteiger partial charge in [-0.05, 0) is 43.4 Å². The standard InChI is InChI=1S/C21H22F2N4O3/c22-15-4-1-13(9-16(15)23)11-30-18-10-17-25-21(12-27(17)20(29)24-18)5-7-26(8-6-21)19(28)14-2-3-14/h1,4,9-10,14,25H,2-3,5-8,11-12H2. The summed E-state index contributed by atoms with van der Waals surface area (Å²) in [5.74, 6) is -0.652. The van der Waals surface area contributed by atoms with Crippen LogP contribution in [0.1, 0.15) is 31.2 Å². The maximum atomic E-state index is 13.3. The lowest BCUT2D eigenvalue weighted by molar-refractivity contribution is -0.134. The van der Waals surface area contributed by atoms with Crippen LogP contribution >= 0.6 is 0 Å². The Morgan fingerprint density at radius 2 is 1.97 bits per heavy atom. The first-order chi connectivity index (χ1) is 14.4. The molecule has 9 heteroatoms. The van der Waals surface area contributed by atoms with Gasteiger partial charge >= 0.3 is 5.69 Å². The molecule has 1 aliphatic carbocycles. The number of anilines is 1. The van der Waals surface area contributed by atoms with Gasteiger partial charge in [0.05, 0.1) is 12.1 Å². The molecule has 0 unspecified atom stereocenters. The Balaban J connectivity index is 1.26. The van der Waals surface area contributed by atoms with E-state index in [1.165, 1.54) is 6.07 Å². The minimum Gasteiger partial charge on any atom is -0.473 e. The van der Waals surface area contributed by atoms with Gasteiger partial charge in [0.25, 0.3) is 0 Å².